The van der Waals surface area contributed by atoms with Crippen LogP contribution in [0.3, 0.4) is 0 Å². The van der Waals surface area contributed by atoms with Crippen molar-refractivity contribution in [3.05, 3.63) is 105 Å². The van der Waals surface area contributed by atoms with Crippen LogP contribution in [-0.2, 0) is 0 Å². The van der Waals surface area contributed by atoms with Gasteiger partial charge in [-0.1, -0.05) is 49.6 Å². The third kappa shape index (κ3) is 4.07. The van der Waals surface area contributed by atoms with E-state index < -0.39 is 5.69 Å². The lowest BCUT2D eigenvalue weighted by molar-refractivity contribution is 0.355. The van der Waals surface area contributed by atoms with Crippen molar-refractivity contribution in [3.63, 3.8) is 0 Å². The number of thiophene rings is 1. The number of aromatic nitrogens is 2. The summed E-state index contributed by atoms with van der Waals surface area (Å²) >= 11 is 1.37. The Labute approximate surface area is 159 Å². The highest BCUT2D eigenvalue weighted by Crippen LogP contribution is 2.17. The van der Waals surface area contributed by atoms with E-state index in [1.165, 1.54) is 11.3 Å². The first-order valence-corrected chi connectivity index (χ1v) is 9.13. The zero-order chi connectivity index (χ0) is 19.2. The van der Waals surface area contributed by atoms with E-state index in [2.05, 4.69) is 18.1 Å². The Morgan fingerprint density at radius 2 is 2.07 bits per heavy atom. The maximum atomic E-state index is 12.7. The number of fused-ring (bicyclic) bond motifs is 1. The number of benzene rings is 1. The molecule has 0 radical (unpaired) electrons. The van der Waals surface area contributed by atoms with Crippen molar-refractivity contribution < 1.29 is 4.74 Å². The van der Waals surface area contributed by atoms with Gasteiger partial charge in [0, 0.05) is 16.8 Å². The van der Waals surface area contributed by atoms with E-state index in [4.69, 9.17) is 4.74 Å². The van der Waals surface area contributed by atoms with Gasteiger partial charge in [-0.25, -0.2) is 9.36 Å². The number of H-pyrrole nitrogens is 1. The first-order valence-electron chi connectivity index (χ1n) is 8.19. The second kappa shape index (κ2) is 8.33. The molecule has 1 aromatic carbocycles. The molecule has 0 atom stereocenters. The molecule has 6 heteroatoms. The molecule has 0 saturated carbocycles. The van der Waals surface area contributed by atoms with Gasteiger partial charge in [0.05, 0.1) is 16.6 Å². The van der Waals surface area contributed by atoms with Gasteiger partial charge in [-0.2, -0.15) is 0 Å². The largest absolute Gasteiger partial charge is 0.489 e. The van der Waals surface area contributed by atoms with Gasteiger partial charge in [0.15, 0.2) is 0 Å². The lowest BCUT2D eigenvalue weighted by Gasteiger charge is -2.10. The topological polar surface area (TPSA) is 64.1 Å². The van der Waals surface area contributed by atoms with Crippen LogP contribution in [0.2, 0.25) is 0 Å². The Kier molecular flexibility index (Phi) is 5.68. The van der Waals surface area contributed by atoms with Gasteiger partial charge in [-0.3, -0.25) is 4.79 Å². The van der Waals surface area contributed by atoms with Crippen molar-refractivity contribution in [2.45, 2.75) is 0 Å². The number of nitrogens with one attached hydrogen (secondary N) is 1. The van der Waals surface area contributed by atoms with Crippen LogP contribution in [0, 0.1) is 0 Å². The van der Waals surface area contributed by atoms with Crippen LogP contribution in [0.5, 0.6) is 5.75 Å². The van der Waals surface area contributed by atoms with E-state index in [0.717, 1.165) is 10.1 Å². The summed E-state index contributed by atoms with van der Waals surface area (Å²) in [5, 5.41) is 3.95. The zero-order valence-corrected chi connectivity index (χ0v) is 15.4. The summed E-state index contributed by atoms with van der Waals surface area (Å²) in [6, 6.07) is 6.87. The first kappa shape index (κ1) is 18.4. The molecule has 0 saturated heterocycles. The minimum atomic E-state index is -0.482. The SMILES string of the molecule is C=C/C=C\C(=C/C=C)COc1cccc(-n2c(=O)[nH]c3cscc3c2=O)c1. The number of hydrogen-bond acceptors (Lipinski definition) is 4. The third-order valence-electron chi connectivity index (χ3n) is 3.80. The van der Waals surface area contributed by atoms with Crippen LogP contribution in [0.4, 0.5) is 0 Å². The lowest BCUT2D eigenvalue weighted by Crippen LogP contribution is -2.33. The van der Waals surface area contributed by atoms with Crippen molar-refractivity contribution in [2.75, 3.05) is 6.61 Å². The summed E-state index contributed by atoms with van der Waals surface area (Å²) in [6.07, 6.45) is 8.88. The average Bonchev–Trinajstić information content (AvgIpc) is 3.13. The maximum Gasteiger partial charge on any atom is 0.333 e. The fourth-order valence-corrected chi connectivity index (χ4v) is 3.31. The Hall–Kier alpha value is -3.38. The molecule has 136 valence electrons. The Morgan fingerprint density at radius 1 is 1.22 bits per heavy atom. The third-order valence-corrected chi connectivity index (χ3v) is 4.54. The van der Waals surface area contributed by atoms with E-state index >= 15 is 0 Å². The van der Waals surface area contributed by atoms with Gasteiger partial charge in [0.25, 0.3) is 5.56 Å². The van der Waals surface area contributed by atoms with Crippen molar-refractivity contribution in [1.29, 1.82) is 0 Å². The van der Waals surface area contributed by atoms with Crippen molar-refractivity contribution in [2.24, 2.45) is 0 Å². The number of aromatic amines is 1. The summed E-state index contributed by atoms with van der Waals surface area (Å²) in [7, 11) is 0. The molecule has 2 heterocycles. The van der Waals surface area contributed by atoms with E-state index in [9.17, 15) is 9.59 Å². The molecule has 0 bridgehead atoms. The molecule has 5 nitrogen and oxygen atoms in total. The molecule has 0 unspecified atom stereocenters. The predicted octanol–water partition coefficient (Wildman–Crippen LogP) is 3.97. The number of rotatable bonds is 7. The van der Waals surface area contributed by atoms with Crippen LogP contribution in [0.15, 0.2) is 93.7 Å². The monoisotopic (exact) mass is 378 g/mol. The standard InChI is InChI=1S/C21H18N2O3S/c1-3-5-8-15(7-4-2)12-26-17-10-6-9-16(11-17)23-20(24)18-13-27-14-19(18)22-21(23)25/h3-11,13-14H,1-2,12H2,(H,22,25)/b8-5-,15-7+. The highest BCUT2D eigenvalue weighted by atomic mass is 32.1. The van der Waals surface area contributed by atoms with E-state index in [-0.39, 0.29) is 5.56 Å². The second-order valence-electron chi connectivity index (χ2n) is 5.63. The molecule has 1 N–H and O–H groups in total. The summed E-state index contributed by atoms with van der Waals surface area (Å²) in [5.74, 6) is 0.547. The van der Waals surface area contributed by atoms with E-state index in [1.54, 1.807) is 47.2 Å². The first-order chi connectivity index (χ1) is 13.1. The molecule has 2 aromatic heterocycles. The molecular formula is C21H18N2O3S. The quantitative estimate of drug-likeness (QED) is 0.633. The molecule has 0 aliphatic carbocycles. The average molecular weight is 378 g/mol. The summed E-state index contributed by atoms with van der Waals surface area (Å²) in [5.41, 5.74) is 1.07. The fourth-order valence-electron chi connectivity index (χ4n) is 2.55. The molecule has 3 aromatic rings. The molecule has 0 fully saturated rings. The molecule has 27 heavy (non-hydrogen) atoms. The number of nitrogens with zero attached hydrogens (tertiary/aromatic N) is 1. The van der Waals surface area contributed by atoms with Crippen LogP contribution < -0.4 is 16.0 Å². The van der Waals surface area contributed by atoms with E-state index in [0.29, 0.717) is 28.9 Å². The molecule has 0 aliphatic heterocycles. The maximum absolute atomic E-state index is 12.7. The zero-order valence-electron chi connectivity index (χ0n) is 14.6. The van der Waals surface area contributed by atoms with Gasteiger partial charge in [0.1, 0.15) is 12.4 Å². The van der Waals surface area contributed by atoms with Gasteiger partial charge in [-0.15, -0.1) is 11.3 Å². The Morgan fingerprint density at radius 3 is 2.85 bits per heavy atom. The van der Waals surface area contributed by atoms with Crippen LogP contribution in [0.25, 0.3) is 16.6 Å². The highest BCUT2D eigenvalue weighted by molar-refractivity contribution is 7.09. The van der Waals surface area contributed by atoms with Gasteiger partial charge < -0.3 is 9.72 Å². The molecule has 3 rings (SSSR count). The minimum absolute atomic E-state index is 0.314. The fraction of sp³-hybridized carbons (Fsp3) is 0.0476. The predicted molar refractivity (Wildman–Crippen MR) is 111 cm³/mol. The Balaban J connectivity index is 1.93. The van der Waals surface area contributed by atoms with Gasteiger partial charge in [-0.05, 0) is 17.7 Å². The summed E-state index contributed by atoms with van der Waals surface area (Å²) < 4.78 is 6.92. The van der Waals surface area contributed by atoms with Crippen molar-refractivity contribution in [3.8, 4) is 11.4 Å². The lowest BCUT2D eigenvalue weighted by atomic mass is 10.2. The van der Waals surface area contributed by atoms with Crippen molar-refractivity contribution in [1.82, 2.24) is 9.55 Å². The van der Waals surface area contributed by atoms with E-state index in [1.807, 2.05) is 18.2 Å². The number of allylic oxidation sites excluding steroid dienone is 4. The normalized spacial score (nSPS) is 11.8. The van der Waals surface area contributed by atoms with Crippen LogP contribution >= 0.6 is 11.3 Å². The smallest absolute Gasteiger partial charge is 0.333 e. The molecular weight excluding hydrogens is 360 g/mol. The summed E-state index contributed by atoms with van der Waals surface area (Å²) in [4.78, 5) is 27.8. The number of ether oxygens (including phenoxy) is 1. The minimum Gasteiger partial charge on any atom is -0.489 e. The molecule has 0 amide bonds. The second-order valence-corrected chi connectivity index (χ2v) is 6.37. The van der Waals surface area contributed by atoms with Crippen LogP contribution in [-0.4, -0.2) is 16.2 Å². The molecule has 0 aliphatic rings. The van der Waals surface area contributed by atoms with Gasteiger partial charge in [0.2, 0.25) is 0 Å². The summed E-state index contributed by atoms with van der Waals surface area (Å²) in [6.45, 7) is 7.65. The van der Waals surface area contributed by atoms with Crippen LogP contribution in [0.1, 0.15) is 0 Å². The molecule has 0 spiro atoms. The number of hydrogen-bond donors (Lipinski definition) is 1. The highest BCUT2D eigenvalue weighted by Gasteiger charge is 2.10. The van der Waals surface area contributed by atoms with Gasteiger partial charge >= 0.3 is 5.69 Å². The van der Waals surface area contributed by atoms with Crippen molar-refractivity contribution >= 4 is 22.2 Å². The Bertz CT molecular complexity index is 1160.